The number of amides is 1. The van der Waals surface area contributed by atoms with Gasteiger partial charge in [-0.3, -0.25) is 4.79 Å². The van der Waals surface area contributed by atoms with Crippen molar-refractivity contribution >= 4 is 5.91 Å². The molecule has 94 valence electrons. The average molecular weight is 227 g/mol. The van der Waals surface area contributed by atoms with E-state index in [-0.39, 0.29) is 11.4 Å². The molecule has 1 amide bonds. The molecule has 4 heteroatoms. The first-order chi connectivity index (χ1) is 7.59. The first-order valence-corrected chi connectivity index (χ1v) is 6.38. The van der Waals surface area contributed by atoms with Crippen LogP contribution in [0, 0.1) is 0 Å². The molecule has 1 unspecified atom stereocenters. The number of nitrogens with one attached hydrogen (secondary N) is 2. The minimum absolute atomic E-state index is 0.121. The van der Waals surface area contributed by atoms with Crippen molar-refractivity contribution in [2.75, 3.05) is 13.1 Å². The van der Waals surface area contributed by atoms with Crippen molar-refractivity contribution in [2.45, 2.75) is 57.5 Å². The molecule has 0 aliphatic carbocycles. The van der Waals surface area contributed by atoms with Gasteiger partial charge < -0.3 is 16.4 Å². The Bertz CT molecular complexity index is 220. The van der Waals surface area contributed by atoms with Gasteiger partial charge >= 0.3 is 0 Å². The normalized spacial score (nSPS) is 21.1. The smallest absolute Gasteiger partial charge is 0.221 e. The molecule has 1 fully saturated rings. The zero-order valence-electron chi connectivity index (χ0n) is 10.5. The van der Waals surface area contributed by atoms with Crippen LogP contribution in [0.15, 0.2) is 0 Å². The summed E-state index contributed by atoms with van der Waals surface area (Å²) >= 11 is 0. The van der Waals surface area contributed by atoms with Crippen LogP contribution in [-0.2, 0) is 4.79 Å². The second-order valence-electron chi connectivity index (χ2n) is 4.84. The third-order valence-corrected chi connectivity index (χ3v) is 3.64. The van der Waals surface area contributed by atoms with Crippen molar-refractivity contribution in [2.24, 2.45) is 5.73 Å². The minimum atomic E-state index is -0.237. The van der Waals surface area contributed by atoms with Gasteiger partial charge in [0, 0.05) is 24.5 Å². The molecule has 1 rings (SSSR count). The van der Waals surface area contributed by atoms with E-state index in [4.69, 9.17) is 5.73 Å². The molecule has 0 spiro atoms. The quantitative estimate of drug-likeness (QED) is 0.627. The van der Waals surface area contributed by atoms with Gasteiger partial charge in [-0.05, 0) is 32.2 Å². The van der Waals surface area contributed by atoms with Crippen LogP contribution >= 0.6 is 0 Å². The molecule has 1 aliphatic heterocycles. The Morgan fingerprint density at radius 2 is 2.19 bits per heavy atom. The fraction of sp³-hybridized carbons (Fsp3) is 0.917. The van der Waals surface area contributed by atoms with Crippen molar-refractivity contribution in [1.82, 2.24) is 10.6 Å². The summed E-state index contributed by atoms with van der Waals surface area (Å²) in [4.78, 5) is 11.7. The SMILES string of the molecule is CCC(N)(CC)CNC(=O)CC1CCCN1. The van der Waals surface area contributed by atoms with Crippen molar-refractivity contribution in [3.63, 3.8) is 0 Å². The molecule has 4 N–H and O–H groups in total. The maximum atomic E-state index is 11.7. The van der Waals surface area contributed by atoms with E-state index in [1.165, 1.54) is 6.42 Å². The Morgan fingerprint density at radius 1 is 1.50 bits per heavy atom. The van der Waals surface area contributed by atoms with Crippen LogP contribution in [-0.4, -0.2) is 30.6 Å². The highest BCUT2D eigenvalue weighted by atomic mass is 16.1. The van der Waals surface area contributed by atoms with E-state index >= 15 is 0 Å². The molecule has 0 aromatic heterocycles. The maximum absolute atomic E-state index is 11.7. The van der Waals surface area contributed by atoms with Crippen LogP contribution in [0.3, 0.4) is 0 Å². The molecule has 0 aromatic rings. The van der Waals surface area contributed by atoms with Crippen LogP contribution in [0.4, 0.5) is 0 Å². The zero-order chi connectivity index (χ0) is 12.0. The van der Waals surface area contributed by atoms with Crippen molar-refractivity contribution < 1.29 is 4.79 Å². The number of carbonyl (C=O) groups is 1. The largest absolute Gasteiger partial charge is 0.354 e. The van der Waals surface area contributed by atoms with Gasteiger partial charge in [0.2, 0.25) is 5.91 Å². The molecule has 4 nitrogen and oxygen atoms in total. The van der Waals surface area contributed by atoms with E-state index in [1.54, 1.807) is 0 Å². The van der Waals surface area contributed by atoms with Crippen molar-refractivity contribution in [3.8, 4) is 0 Å². The Kier molecular flexibility index (Phi) is 5.22. The monoisotopic (exact) mass is 227 g/mol. The van der Waals surface area contributed by atoms with Gasteiger partial charge in [-0.2, -0.15) is 0 Å². The lowest BCUT2D eigenvalue weighted by Crippen LogP contribution is -2.49. The average Bonchev–Trinajstić information content (AvgIpc) is 2.79. The Balaban J connectivity index is 2.23. The Hall–Kier alpha value is -0.610. The van der Waals surface area contributed by atoms with E-state index in [1.807, 2.05) is 0 Å². The summed E-state index contributed by atoms with van der Waals surface area (Å²) in [6.45, 7) is 5.76. The summed E-state index contributed by atoms with van der Waals surface area (Å²) in [6, 6.07) is 0.371. The summed E-state index contributed by atoms with van der Waals surface area (Å²) in [6.07, 6.45) is 4.67. The van der Waals surface area contributed by atoms with E-state index in [9.17, 15) is 4.79 Å². The predicted octanol–water partition coefficient (Wildman–Crippen LogP) is 0.762. The molecule has 16 heavy (non-hydrogen) atoms. The highest BCUT2D eigenvalue weighted by Gasteiger charge is 2.22. The molecular weight excluding hydrogens is 202 g/mol. The fourth-order valence-electron chi connectivity index (χ4n) is 2.00. The number of carbonyl (C=O) groups excluding carboxylic acids is 1. The van der Waals surface area contributed by atoms with Crippen LogP contribution < -0.4 is 16.4 Å². The molecule has 0 saturated carbocycles. The van der Waals surface area contributed by atoms with Gasteiger partial charge in [-0.1, -0.05) is 13.8 Å². The first-order valence-electron chi connectivity index (χ1n) is 6.38. The van der Waals surface area contributed by atoms with Gasteiger partial charge in [0.25, 0.3) is 0 Å². The number of rotatable bonds is 6. The van der Waals surface area contributed by atoms with Crippen LogP contribution in [0.1, 0.15) is 46.0 Å². The summed E-state index contributed by atoms with van der Waals surface area (Å²) < 4.78 is 0. The molecule has 0 radical (unpaired) electrons. The fourth-order valence-corrected chi connectivity index (χ4v) is 2.00. The van der Waals surface area contributed by atoms with Gasteiger partial charge in [-0.25, -0.2) is 0 Å². The number of hydrogen-bond donors (Lipinski definition) is 3. The lowest BCUT2D eigenvalue weighted by atomic mass is 9.94. The lowest BCUT2D eigenvalue weighted by Gasteiger charge is -2.27. The third kappa shape index (κ3) is 4.10. The van der Waals surface area contributed by atoms with Crippen LogP contribution in [0.2, 0.25) is 0 Å². The van der Waals surface area contributed by atoms with Crippen molar-refractivity contribution in [3.05, 3.63) is 0 Å². The zero-order valence-corrected chi connectivity index (χ0v) is 10.5. The molecule has 1 atom stereocenters. The summed E-state index contributed by atoms with van der Waals surface area (Å²) in [5.41, 5.74) is 5.89. The first kappa shape index (κ1) is 13.5. The minimum Gasteiger partial charge on any atom is -0.354 e. The van der Waals surface area contributed by atoms with Gasteiger partial charge in [-0.15, -0.1) is 0 Å². The molecule has 0 aromatic carbocycles. The Morgan fingerprint density at radius 3 is 2.69 bits per heavy atom. The van der Waals surface area contributed by atoms with E-state index in [0.29, 0.717) is 19.0 Å². The van der Waals surface area contributed by atoms with Gasteiger partial charge in [0.1, 0.15) is 0 Å². The number of nitrogens with two attached hydrogens (primary N) is 1. The van der Waals surface area contributed by atoms with Crippen LogP contribution in [0.25, 0.3) is 0 Å². The van der Waals surface area contributed by atoms with E-state index in [2.05, 4.69) is 24.5 Å². The summed E-state index contributed by atoms with van der Waals surface area (Å²) in [7, 11) is 0. The standard InChI is InChI=1S/C12H25N3O/c1-3-12(13,4-2)9-15-11(16)8-10-6-5-7-14-10/h10,14H,3-9,13H2,1-2H3,(H,15,16). The molecule has 1 aliphatic rings. The summed E-state index contributed by atoms with van der Waals surface area (Å²) in [5.74, 6) is 0.121. The molecule has 0 bridgehead atoms. The highest BCUT2D eigenvalue weighted by molar-refractivity contribution is 5.76. The van der Waals surface area contributed by atoms with Gasteiger partial charge in [0.15, 0.2) is 0 Å². The lowest BCUT2D eigenvalue weighted by molar-refractivity contribution is -0.121. The molecule has 1 heterocycles. The maximum Gasteiger partial charge on any atom is 0.221 e. The van der Waals surface area contributed by atoms with E-state index < -0.39 is 0 Å². The van der Waals surface area contributed by atoms with Crippen molar-refractivity contribution in [1.29, 1.82) is 0 Å². The second-order valence-corrected chi connectivity index (χ2v) is 4.84. The Labute approximate surface area is 98.3 Å². The summed E-state index contributed by atoms with van der Waals surface area (Å²) in [5, 5.41) is 6.27. The van der Waals surface area contributed by atoms with E-state index in [0.717, 1.165) is 25.8 Å². The van der Waals surface area contributed by atoms with Gasteiger partial charge in [0.05, 0.1) is 0 Å². The topological polar surface area (TPSA) is 67.1 Å². The predicted molar refractivity (Wildman–Crippen MR) is 66.2 cm³/mol. The van der Waals surface area contributed by atoms with Crippen LogP contribution in [0.5, 0.6) is 0 Å². The highest BCUT2D eigenvalue weighted by Crippen LogP contribution is 2.11. The molecule has 1 saturated heterocycles. The third-order valence-electron chi connectivity index (χ3n) is 3.64. The number of hydrogen-bond acceptors (Lipinski definition) is 3. The molecular formula is C12H25N3O. The second kappa shape index (κ2) is 6.21.